The van der Waals surface area contributed by atoms with Gasteiger partial charge in [-0.2, -0.15) is 0 Å². The molecule has 1 fully saturated rings. The van der Waals surface area contributed by atoms with E-state index in [-0.39, 0.29) is 5.91 Å². The molecule has 0 bridgehead atoms. The smallest absolute Gasteiger partial charge is 0.265 e. The van der Waals surface area contributed by atoms with Crippen LogP contribution in [0.4, 0.5) is 0 Å². The highest BCUT2D eigenvalue weighted by atomic mass is 32.1. The molecule has 0 spiro atoms. The highest BCUT2D eigenvalue weighted by molar-refractivity contribution is 7.12. The molecule has 2 rings (SSSR count). The van der Waals surface area contributed by atoms with Crippen LogP contribution in [-0.2, 0) is 0 Å². The second-order valence-electron chi connectivity index (χ2n) is 5.58. The lowest BCUT2D eigenvalue weighted by Crippen LogP contribution is -2.34. The molecule has 1 amide bonds. The Morgan fingerprint density at radius 1 is 1.55 bits per heavy atom. The number of hydrogen-bond donors (Lipinski definition) is 1. The normalized spacial score (nSPS) is 14.0. The summed E-state index contributed by atoms with van der Waals surface area (Å²) in [6.45, 7) is 5.56. The van der Waals surface area contributed by atoms with Gasteiger partial charge in [-0.15, -0.1) is 11.3 Å². The number of amides is 1. The Balaban J connectivity index is 2.13. The molecule has 0 atom stereocenters. The van der Waals surface area contributed by atoms with E-state index in [4.69, 9.17) is 5.73 Å². The Morgan fingerprint density at radius 2 is 2.30 bits per heavy atom. The molecule has 20 heavy (non-hydrogen) atoms. The first-order chi connectivity index (χ1) is 9.63. The summed E-state index contributed by atoms with van der Waals surface area (Å²) in [5.74, 6) is 6.59. The van der Waals surface area contributed by atoms with Gasteiger partial charge in [-0.05, 0) is 36.6 Å². The first-order valence-corrected chi connectivity index (χ1v) is 8.08. The van der Waals surface area contributed by atoms with Crippen molar-refractivity contribution in [3.63, 3.8) is 0 Å². The Morgan fingerprint density at radius 3 is 2.90 bits per heavy atom. The second-order valence-corrected chi connectivity index (χ2v) is 6.50. The lowest BCUT2D eigenvalue weighted by molar-refractivity contribution is 0.0740. The van der Waals surface area contributed by atoms with Crippen molar-refractivity contribution in [3.05, 3.63) is 21.9 Å². The SMILES string of the molecule is CC(C)CCN(C(=O)c1sccc1C#CCN)C1CC1. The highest BCUT2D eigenvalue weighted by Gasteiger charge is 2.33. The third kappa shape index (κ3) is 3.84. The molecule has 1 aromatic heterocycles. The van der Waals surface area contributed by atoms with E-state index in [9.17, 15) is 4.79 Å². The van der Waals surface area contributed by atoms with Crippen LogP contribution in [0.15, 0.2) is 11.4 Å². The van der Waals surface area contributed by atoms with Gasteiger partial charge in [-0.25, -0.2) is 0 Å². The van der Waals surface area contributed by atoms with Crippen LogP contribution in [0.1, 0.15) is 48.3 Å². The van der Waals surface area contributed by atoms with Crippen molar-refractivity contribution in [3.8, 4) is 11.8 Å². The molecule has 3 nitrogen and oxygen atoms in total. The van der Waals surface area contributed by atoms with Gasteiger partial charge in [0.2, 0.25) is 0 Å². The summed E-state index contributed by atoms with van der Waals surface area (Å²) in [6.07, 6.45) is 3.33. The third-order valence-corrected chi connectivity index (χ3v) is 4.28. The van der Waals surface area contributed by atoms with Crippen molar-refractivity contribution in [1.29, 1.82) is 0 Å². The average Bonchev–Trinajstić information content (AvgIpc) is 3.14. The summed E-state index contributed by atoms with van der Waals surface area (Å²) in [5.41, 5.74) is 6.22. The number of nitrogens with zero attached hydrogens (tertiary/aromatic N) is 1. The first-order valence-electron chi connectivity index (χ1n) is 7.21. The lowest BCUT2D eigenvalue weighted by Gasteiger charge is -2.23. The van der Waals surface area contributed by atoms with Gasteiger partial charge in [0.25, 0.3) is 5.91 Å². The molecule has 0 saturated heterocycles. The van der Waals surface area contributed by atoms with Crippen LogP contribution in [0.5, 0.6) is 0 Å². The van der Waals surface area contributed by atoms with Crippen LogP contribution in [0.25, 0.3) is 0 Å². The van der Waals surface area contributed by atoms with Gasteiger partial charge in [0, 0.05) is 18.2 Å². The van der Waals surface area contributed by atoms with E-state index in [0.29, 0.717) is 18.5 Å². The van der Waals surface area contributed by atoms with Crippen LogP contribution in [0.3, 0.4) is 0 Å². The predicted molar refractivity (Wildman–Crippen MR) is 83.8 cm³/mol. The lowest BCUT2D eigenvalue weighted by atomic mass is 10.1. The topological polar surface area (TPSA) is 46.3 Å². The minimum absolute atomic E-state index is 0.143. The number of carbonyl (C=O) groups excluding carboxylic acids is 1. The molecule has 0 aliphatic heterocycles. The highest BCUT2D eigenvalue weighted by Crippen LogP contribution is 2.30. The second kappa shape index (κ2) is 6.92. The average molecular weight is 290 g/mol. The Hall–Kier alpha value is -1.31. The maximum atomic E-state index is 12.7. The number of nitrogens with two attached hydrogens (primary N) is 1. The van der Waals surface area contributed by atoms with E-state index in [0.717, 1.165) is 36.2 Å². The quantitative estimate of drug-likeness (QED) is 0.848. The molecule has 1 aromatic rings. The zero-order chi connectivity index (χ0) is 14.5. The van der Waals surface area contributed by atoms with Crippen LogP contribution >= 0.6 is 11.3 Å². The number of thiophene rings is 1. The first kappa shape index (κ1) is 15.1. The molecule has 4 heteroatoms. The van der Waals surface area contributed by atoms with E-state index in [1.807, 2.05) is 16.3 Å². The van der Waals surface area contributed by atoms with E-state index < -0.39 is 0 Å². The summed E-state index contributed by atoms with van der Waals surface area (Å²) in [7, 11) is 0. The maximum Gasteiger partial charge on any atom is 0.265 e. The third-order valence-electron chi connectivity index (χ3n) is 3.38. The van der Waals surface area contributed by atoms with Gasteiger partial charge >= 0.3 is 0 Å². The Bertz CT molecular complexity index is 520. The van der Waals surface area contributed by atoms with Crippen LogP contribution in [-0.4, -0.2) is 29.9 Å². The molecule has 0 unspecified atom stereocenters. The van der Waals surface area contributed by atoms with Crippen LogP contribution < -0.4 is 5.73 Å². The van der Waals surface area contributed by atoms with E-state index >= 15 is 0 Å². The van der Waals surface area contributed by atoms with E-state index in [2.05, 4.69) is 25.7 Å². The molecular weight excluding hydrogens is 268 g/mol. The molecule has 0 radical (unpaired) electrons. The molecule has 1 saturated carbocycles. The monoisotopic (exact) mass is 290 g/mol. The zero-order valence-electron chi connectivity index (χ0n) is 12.2. The summed E-state index contributed by atoms with van der Waals surface area (Å²) < 4.78 is 0. The largest absolute Gasteiger partial charge is 0.335 e. The molecule has 0 aromatic carbocycles. The van der Waals surface area contributed by atoms with E-state index in [1.54, 1.807) is 0 Å². The summed E-state index contributed by atoms with van der Waals surface area (Å²) >= 11 is 1.48. The molecule has 1 heterocycles. The van der Waals surface area contributed by atoms with Crippen LogP contribution in [0.2, 0.25) is 0 Å². The van der Waals surface area contributed by atoms with Gasteiger partial charge in [0.15, 0.2) is 0 Å². The van der Waals surface area contributed by atoms with E-state index in [1.165, 1.54) is 11.3 Å². The maximum absolute atomic E-state index is 12.7. The van der Waals surface area contributed by atoms with Gasteiger partial charge in [0.1, 0.15) is 4.88 Å². The predicted octanol–water partition coefficient (Wildman–Crippen LogP) is 2.71. The van der Waals surface area contributed by atoms with Gasteiger partial charge in [0.05, 0.1) is 6.54 Å². The van der Waals surface area contributed by atoms with Gasteiger partial charge < -0.3 is 10.6 Å². The van der Waals surface area contributed by atoms with Crippen molar-refractivity contribution in [2.75, 3.05) is 13.1 Å². The fourth-order valence-electron chi connectivity index (χ4n) is 2.08. The standard InChI is InChI=1S/C16H22N2OS/c1-12(2)7-10-18(14-5-6-14)16(19)15-13(4-3-9-17)8-11-20-15/h8,11-12,14H,5-7,9-10,17H2,1-2H3. The van der Waals surface area contributed by atoms with Crippen molar-refractivity contribution in [2.24, 2.45) is 11.7 Å². The number of carbonyl (C=O) groups is 1. The molecule has 1 aliphatic carbocycles. The fourth-order valence-corrected chi connectivity index (χ4v) is 2.89. The van der Waals surface area contributed by atoms with Crippen molar-refractivity contribution in [1.82, 2.24) is 4.90 Å². The zero-order valence-corrected chi connectivity index (χ0v) is 13.0. The van der Waals surface area contributed by atoms with Crippen LogP contribution in [0, 0.1) is 17.8 Å². The molecule has 2 N–H and O–H groups in total. The fraction of sp³-hybridized carbons (Fsp3) is 0.562. The van der Waals surface area contributed by atoms with Crippen molar-refractivity contribution < 1.29 is 4.79 Å². The van der Waals surface area contributed by atoms with Gasteiger partial charge in [-0.3, -0.25) is 4.79 Å². The summed E-state index contributed by atoms with van der Waals surface area (Å²) in [6, 6.07) is 2.35. The van der Waals surface area contributed by atoms with Crippen molar-refractivity contribution >= 4 is 17.2 Å². The summed E-state index contributed by atoms with van der Waals surface area (Å²) in [4.78, 5) is 15.5. The molecular formula is C16H22N2OS. The summed E-state index contributed by atoms with van der Waals surface area (Å²) in [5, 5.41) is 1.93. The minimum Gasteiger partial charge on any atom is -0.335 e. The number of rotatable bonds is 5. The minimum atomic E-state index is 0.143. The Labute approximate surface area is 125 Å². The molecule has 1 aliphatic rings. The number of hydrogen-bond acceptors (Lipinski definition) is 3. The van der Waals surface area contributed by atoms with Crippen molar-refractivity contribution in [2.45, 2.75) is 39.2 Å². The molecule has 108 valence electrons. The van der Waals surface area contributed by atoms with Gasteiger partial charge in [-0.1, -0.05) is 25.7 Å². The Kier molecular flexibility index (Phi) is 5.22.